The van der Waals surface area contributed by atoms with E-state index >= 15 is 0 Å². The molecule has 1 saturated heterocycles. The average Bonchev–Trinajstić information content (AvgIpc) is 2.62. The molecule has 0 aromatic heterocycles. The SMILES string of the molecule is CCNC(=NCCS(=O)(=O)CC)N1CCN(c2ccccc2)CC1.I. The van der Waals surface area contributed by atoms with Gasteiger partial charge in [-0.25, -0.2) is 8.42 Å². The van der Waals surface area contributed by atoms with Crippen LogP contribution in [0.3, 0.4) is 0 Å². The van der Waals surface area contributed by atoms with Gasteiger partial charge in [-0.1, -0.05) is 25.1 Å². The summed E-state index contributed by atoms with van der Waals surface area (Å²) in [7, 11) is -2.97. The minimum atomic E-state index is -2.97. The first kappa shape index (κ1) is 22.0. The lowest BCUT2D eigenvalue weighted by atomic mass is 10.2. The first-order chi connectivity index (χ1) is 11.6. The molecule has 25 heavy (non-hydrogen) atoms. The van der Waals surface area contributed by atoms with Gasteiger partial charge in [0.15, 0.2) is 15.8 Å². The van der Waals surface area contributed by atoms with E-state index in [1.165, 1.54) is 5.69 Å². The highest BCUT2D eigenvalue weighted by Gasteiger charge is 2.19. The number of hydrogen-bond acceptors (Lipinski definition) is 4. The first-order valence-corrected chi connectivity index (χ1v) is 10.4. The molecule has 0 aliphatic carbocycles. The normalized spacial score (nSPS) is 15.7. The molecule has 1 N–H and O–H groups in total. The van der Waals surface area contributed by atoms with Crippen LogP contribution >= 0.6 is 24.0 Å². The lowest BCUT2D eigenvalue weighted by Gasteiger charge is -2.37. The maximum Gasteiger partial charge on any atom is 0.194 e. The number of nitrogens with zero attached hydrogens (tertiary/aromatic N) is 3. The average molecular weight is 480 g/mol. The number of sulfone groups is 1. The van der Waals surface area contributed by atoms with Crippen LogP contribution in [0.25, 0.3) is 0 Å². The molecular weight excluding hydrogens is 451 g/mol. The van der Waals surface area contributed by atoms with E-state index in [0.29, 0.717) is 6.54 Å². The molecule has 1 aliphatic rings. The van der Waals surface area contributed by atoms with E-state index in [1.807, 2.05) is 13.0 Å². The van der Waals surface area contributed by atoms with E-state index in [-0.39, 0.29) is 35.5 Å². The molecule has 6 nitrogen and oxygen atoms in total. The highest BCUT2D eigenvalue weighted by Crippen LogP contribution is 2.15. The summed E-state index contributed by atoms with van der Waals surface area (Å²) in [5.41, 5.74) is 1.24. The Labute approximate surface area is 168 Å². The Balaban J connectivity index is 0.00000312. The van der Waals surface area contributed by atoms with Crippen LogP contribution in [0.4, 0.5) is 5.69 Å². The Morgan fingerprint density at radius 3 is 2.32 bits per heavy atom. The summed E-state index contributed by atoms with van der Waals surface area (Å²) in [6, 6.07) is 10.4. The number of rotatable bonds is 6. The van der Waals surface area contributed by atoms with Crippen LogP contribution in [-0.2, 0) is 9.84 Å². The van der Waals surface area contributed by atoms with Gasteiger partial charge in [-0.15, -0.1) is 24.0 Å². The summed E-state index contributed by atoms with van der Waals surface area (Å²) in [6.45, 7) is 8.41. The molecule has 1 aliphatic heterocycles. The van der Waals surface area contributed by atoms with E-state index in [4.69, 9.17) is 0 Å². The van der Waals surface area contributed by atoms with Crippen molar-refractivity contribution in [1.82, 2.24) is 10.2 Å². The van der Waals surface area contributed by atoms with Gasteiger partial charge in [-0.3, -0.25) is 4.99 Å². The highest BCUT2D eigenvalue weighted by molar-refractivity contribution is 14.0. The Kier molecular flexibility index (Phi) is 9.55. The number of nitrogens with one attached hydrogen (secondary N) is 1. The number of aliphatic imine (C=N–C) groups is 1. The summed E-state index contributed by atoms with van der Waals surface area (Å²) in [5.74, 6) is 1.11. The molecule has 0 radical (unpaired) electrons. The molecule has 0 saturated carbocycles. The van der Waals surface area contributed by atoms with Gasteiger partial charge in [-0.05, 0) is 19.1 Å². The molecule has 1 aromatic rings. The molecule has 142 valence electrons. The van der Waals surface area contributed by atoms with Gasteiger partial charge in [0.05, 0.1) is 12.3 Å². The lowest BCUT2D eigenvalue weighted by Crippen LogP contribution is -2.52. The molecule has 0 amide bonds. The maximum atomic E-state index is 11.6. The number of halogens is 1. The predicted octanol–water partition coefficient (Wildman–Crippen LogP) is 1.83. The fraction of sp³-hybridized carbons (Fsp3) is 0.588. The number of piperazine rings is 1. The first-order valence-electron chi connectivity index (χ1n) is 8.59. The molecule has 0 bridgehead atoms. The van der Waals surface area contributed by atoms with Crippen LogP contribution in [0.1, 0.15) is 13.8 Å². The van der Waals surface area contributed by atoms with Crippen molar-refractivity contribution < 1.29 is 8.42 Å². The third-order valence-corrected chi connectivity index (χ3v) is 5.82. The van der Waals surface area contributed by atoms with Gasteiger partial charge < -0.3 is 15.1 Å². The fourth-order valence-electron chi connectivity index (χ4n) is 2.68. The number of anilines is 1. The topological polar surface area (TPSA) is 65.0 Å². The predicted molar refractivity (Wildman–Crippen MR) is 116 cm³/mol. The molecule has 0 atom stereocenters. The van der Waals surface area contributed by atoms with Crippen LogP contribution in [0.5, 0.6) is 0 Å². The van der Waals surface area contributed by atoms with Gasteiger partial charge in [0.2, 0.25) is 0 Å². The standard InChI is InChI=1S/C17H28N4O2S.HI/c1-3-18-17(19-10-15-24(22,23)4-2)21-13-11-20(12-14-21)16-8-6-5-7-9-16;/h5-9H,3-4,10-15H2,1-2H3,(H,18,19);1H. The van der Waals surface area contributed by atoms with Crippen molar-refractivity contribution >= 4 is 45.5 Å². The van der Waals surface area contributed by atoms with Crippen molar-refractivity contribution in [2.24, 2.45) is 4.99 Å². The molecule has 2 rings (SSSR count). The monoisotopic (exact) mass is 480 g/mol. The van der Waals surface area contributed by atoms with Crippen LogP contribution < -0.4 is 10.2 Å². The van der Waals surface area contributed by atoms with Crippen LogP contribution in [0.2, 0.25) is 0 Å². The molecular formula is C17H29IN4O2S. The smallest absolute Gasteiger partial charge is 0.194 e. The quantitative estimate of drug-likeness (QED) is 0.383. The zero-order chi connectivity index (χ0) is 17.4. The summed E-state index contributed by atoms with van der Waals surface area (Å²) >= 11 is 0. The summed E-state index contributed by atoms with van der Waals surface area (Å²) in [5, 5.41) is 3.27. The van der Waals surface area contributed by atoms with Crippen molar-refractivity contribution in [3.8, 4) is 0 Å². The third-order valence-electron chi connectivity index (χ3n) is 4.14. The van der Waals surface area contributed by atoms with E-state index in [9.17, 15) is 8.42 Å². The van der Waals surface area contributed by atoms with Crippen LogP contribution in [0.15, 0.2) is 35.3 Å². The Bertz CT molecular complexity index is 629. The van der Waals surface area contributed by atoms with Crippen molar-refractivity contribution in [1.29, 1.82) is 0 Å². The summed E-state index contributed by atoms with van der Waals surface area (Å²) < 4.78 is 23.2. The zero-order valence-corrected chi connectivity index (χ0v) is 18.2. The molecule has 8 heteroatoms. The number of benzene rings is 1. The Morgan fingerprint density at radius 2 is 1.76 bits per heavy atom. The highest BCUT2D eigenvalue weighted by atomic mass is 127. The molecule has 0 unspecified atom stereocenters. The van der Waals surface area contributed by atoms with Gasteiger partial charge in [0.1, 0.15) is 0 Å². The molecule has 1 fully saturated rings. The van der Waals surface area contributed by atoms with Crippen molar-refractivity contribution in [2.75, 3.05) is 55.7 Å². The van der Waals surface area contributed by atoms with Gasteiger partial charge in [-0.2, -0.15) is 0 Å². The second-order valence-electron chi connectivity index (χ2n) is 5.78. The van der Waals surface area contributed by atoms with E-state index in [2.05, 4.69) is 44.4 Å². The minimum Gasteiger partial charge on any atom is -0.368 e. The van der Waals surface area contributed by atoms with Crippen LogP contribution in [-0.4, -0.2) is 70.1 Å². The Morgan fingerprint density at radius 1 is 1.12 bits per heavy atom. The van der Waals surface area contributed by atoms with Gasteiger partial charge in [0, 0.05) is 44.2 Å². The van der Waals surface area contributed by atoms with E-state index < -0.39 is 9.84 Å². The van der Waals surface area contributed by atoms with Crippen LogP contribution in [0, 0.1) is 0 Å². The molecule has 1 aromatic carbocycles. The molecule has 0 spiro atoms. The number of guanidine groups is 1. The zero-order valence-electron chi connectivity index (χ0n) is 15.0. The van der Waals surface area contributed by atoms with Crippen molar-refractivity contribution in [3.05, 3.63) is 30.3 Å². The fourth-order valence-corrected chi connectivity index (χ4v) is 3.33. The maximum absolute atomic E-state index is 11.6. The third kappa shape index (κ3) is 7.01. The van der Waals surface area contributed by atoms with E-state index in [1.54, 1.807) is 6.92 Å². The lowest BCUT2D eigenvalue weighted by molar-refractivity contribution is 0.373. The number of hydrogen-bond donors (Lipinski definition) is 1. The Hall–Kier alpha value is -1.03. The minimum absolute atomic E-state index is 0. The van der Waals surface area contributed by atoms with Crippen molar-refractivity contribution in [2.45, 2.75) is 13.8 Å². The largest absolute Gasteiger partial charge is 0.368 e. The summed E-state index contributed by atoms with van der Waals surface area (Å²) in [4.78, 5) is 9.07. The summed E-state index contributed by atoms with van der Waals surface area (Å²) in [6.07, 6.45) is 0. The number of para-hydroxylation sites is 1. The second kappa shape index (κ2) is 10.8. The van der Waals surface area contributed by atoms with Gasteiger partial charge in [0.25, 0.3) is 0 Å². The van der Waals surface area contributed by atoms with E-state index in [0.717, 1.165) is 38.7 Å². The molecule has 1 heterocycles. The second-order valence-corrected chi connectivity index (χ2v) is 8.25. The van der Waals surface area contributed by atoms with Gasteiger partial charge >= 0.3 is 0 Å². The van der Waals surface area contributed by atoms with Crippen molar-refractivity contribution in [3.63, 3.8) is 0 Å².